The van der Waals surface area contributed by atoms with Gasteiger partial charge in [-0.1, -0.05) is 12.1 Å². The molecule has 4 aromatic rings. The Morgan fingerprint density at radius 2 is 1.75 bits per heavy atom. The molecule has 4 rings (SSSR count). The first-order chi connectivity index (χ1) is 13.6. The summed E-state index contributed by atoms with van der Waals surface area (Å²) >= 11 is 0. The van der Waals surface area contributed by atoms with Crippen LogP contribution in [-0.4, -0.2) is 17.8 Å². The third-order valence-electron chi connectivity index (χ3n) is 4.83. The van der Waals surface area contributed by atoms with Crippen molar-refractivity contribution < 1.29 is 19.2 Å². The number of aromatic hydroxyl groups is 1. The van der Waals surface area contributed by atoms with Crippen LogP contribution in [0, 0.1) is 0 Å². The number of para-hydroxylation sites is 1. The Morgan fingerprint density at radius 1 is 1.00 bits per heavy atom. The summed E-state index contributed by atoms with van der Waals surface area (Å²) in [6.45, 7) is 2.09. The topological polar surface area (TPSA) is 62.4 Å². The van der Waals surface area contributed by atoms with Crippen LogP contribution in [0.25, 0.3) is 32.9 Å². The number of anilines is 1. The fourth-order valence-corrected chi connectivity index (χ4v) is 3.60. The highest BCUT2D eigenvalue weighted by molar-refractivity contribution is 6.09. The number of phenols is 1. The molecule has 5 nitrogen and oxygen atoms in total. The molecule has 1 amide bonds. The molecule has 0 atom stereocenters. The number of phenolic OH excluding ortho intramolecular Hbond substituents is 1. The molecule has 28 heavy (non-hydrogen) atoms. The van der Waals surface area contributed by atoms with Crippen LogP contribution in [0.2, 0.25) is 0 Å². The average molecular weight is 373 g/mol. The van der Waals surface area contributed by atoms with E-state index in [9.17, 15) is 9.90 Å². The molecule has 0 radical (unpaired) electrons. The van der Waals surface area contributed by atoms with Gasteiger partial charge in [0.15, 0.2) is 0 Å². The van der Waals surface area contributed by atoms with Crippen LogP contribution in [0.5, 0.6) is 5.75 Å². The Morgan fingerprint density at radius 3 is 2.50 bits per heavy atom. The van der Waals surface area contributed by atoms with Gasteiger partial charge < -0.3 is 9.84 Å². The molecule has 0 fully saturated rings. The number of carbonyl (C=O) groups excluding carboxylic acids is 1. The van der Waals surface area contributed by atoms with Crippen molar-refractivity contribution in [3.05, 3.63) is 66.7 Å². The van der Waals surface area contributed by atoms with Crippen LogP contribution in [0.1, 0.15) is 6.92 Å². The molecule has 0 unspecified atom stereocenters. The van der Waals surface area contributed by atoms with Crippen molar-refractivity contribution in [2.75, 3.05) is 11.9 Å². The molecule has 5 heteroatoms. The van der Waals surface area contributed by atoms with E-state index in [1.807, 2.05) is 49.5 Å². The highest BCUT2D eigenvalue weighted by Gasteiger charge is 2.20. The van der Waals surface area contributed by atoms with Gasteiger partial charge in [-0.05, 0) is 55.5 Å². The molecule has 1 heterocycles. The molecule has 2 N–H and O–H groups in total. The Balaban J connectivity index is 1.89. The lowest BCUT2D eigenvalue weighted by Crippen LogP contribution is -2.32. The Kier molecular flexibility index (Phi) is 4.57. The monoisotopic (exact) mass is 373 g/mol. The van der Waals surface area contributed by atoms with Gasteiger partial charge in [0.05, 0.1) is 17.4 Å². The SMILES string of the molecule is CCOC(=O)Nc1ccc(-c2c3cc(O)ccc3c3ccccc3[n+]2C)cc1. The van der Waals surface area contributed by atoms with Crippen molar-refractivity contribution >= 4 is 33.5 Å². The maximum Gasteiger partial charge on any atom is 0.411 e. The summed E-state index contributed by atoms with van der Waals surface area (Å²) in [5, 5.41) is 16.0. The minimum absolute atomic E-state index is 0.227. The van der Waals surface area contributed by atoms with Gasteiger partial charge in [0.1, 0.15) is 12.8 Å². The summed E-state index contributed by atoms with van der Waals surface area (Å²) in [7, 11) is 2.02. The lowest BCUT2D eigenvalue weighted by molar-refractivity contribution is -0.632. The van der Waals surface area contributed by atoms with Crippen LogP contribution in [0.3, 0.4) is 0 Å². The zero-order valence-corrected chi connectivity index (χ0v) is 15.8. The number of pyridine rings is 1. The summed E-state index contributed by atoms with van der Waals surface area (Å²) in [6.07, 6.45) is -0.470. The zero-order chi connectivity index (χ0) is 19.7. The van der Waals surface area contributed by atoms with E-state index in [2.05, 4.69) is 22.0 Å². The standard InChI is InChI=1S/C23H20N2O3/c1-3-28-23(27)24-16-10-8-15(9-11-16)22-20-14-17(26)12-13-18(20)19-6-4-5-7-21(19)25(22)2/h4-14,26H,3H2,1-2H3/p+1. The number of aryl methyl sites for hydroxylation is 1. The van der Waals surface area contributed by atoms with Gasteiger partial charge in [-0.15, -0.1) is 0 Å². The second-order valence-corrected chi connectivity index (χ2v) is 6.58. The zero-order valence-electron chi connectivity index (χ0n) is 15.8. The van der Waals surface area contributed by atoms with Crippen LogP contribution >= 0.6 is 0 Å². The molecule has 0 bridgehead atoms. The molecule has 0 aliphatic carbocycles. The number of amides is 1. The Labute approximate surface area is 162 Å². The number of nitrogens with zero attached hydrogens (tertiary/aromatic N) is 1. The van der Waals surface area contributed by atoms with Gasteiger partial charge in [-0.25, -0.2) is 4.79 Å². The van der Waals surface area contributed by atoms with Gasteiger partial charge in [0, 0.05) is 22.7 Å². The molecular weight excluding hydrogens is 352 g/mol. The number of nitrogens with one attached hydrogen (secondary N) is 1. The van der Waals surface area contributed by atoms with Gasteiger partial charge in [0.25, 0.3) is 0 Å². The number of rotatable bonds is 3. The maximum absolute atomic E-state index is 11.6. The number of ether oxygens (including phenoxy) is 1. The lowest BCUT2D eigenvalue weighted by Gasteiger charge is -2.11. The van der Waals surface area contributed by atoms with Crippen molar-refractivity contribution in [1.29, 1.82) is 0 Å². The second-order valence-electron chi connectivity index (χ2n) is 6.58. The van der Waals surface area contributed by atoms with E-state index in [-0.39, 0.29) is 5.75 Å². The van der Waals surface area contributed by atoms with E-state index in [0.29, 0.717) is 12.3 Å². The summed E-state index contributed by atoms with van der Waals surface area (Å²) in [4.78, 5) is 11.6. The summed E-state index contributed by atoms with van der Waals surface area (Å²) in [6, 6.07) is 21.3. The highest BCUT2D eigenvalue weighted by atomic mass is 16.5. The smallest absolute Gasteiger partial charge is 0.411 e. The van der Waals surface area contributed by atoms with Crippen LogP contribution in [0.4, 0.5) is 10.5 Å². The number of carbonyl (C=O) groups is 1. The maximum atomic E-state index is 11.6. The van der Waals surface area contributed by atoms with Gasteiger partial charge in [-0.3, -0.25) is 5.32 Å². The first kappa shape index (κ1) is 17.8. The van der Waals surface area contributed by atoms with Crippen molar-refractivity contribution in [2.45, 2.75) is 6.92 Å². The van der Waals surface area contributed by atoms with Gasteiger partial charge in [0.2, 0.25) is 11.2 Å². The highest BCUT2D eigenvalue weighted by Crippen LogP contribution is 2.33. The largest absolute Gasteiger partial charge is 0.508 e. The van der Waals surface area contributed by atoms with Crippen LogP contribution < -0.4 is 9.88 Å². The van der Waals surface area contributed by atoms with Crippen LogP contribution in [0.15, 0.2) is 66.7 Å². The number of hydrogen-bond donors (Lipinski definition) is 2. The van der Waals surface area contributed by atoms with Gasteiger partial charge in [-0.2, -0.15) is 4.57 Å². The first-order valence-corrected chi connectivity index (χ1v) is 9.16. The Bertz CT molecular complexity index is 1180. The third kappa shape index (κ3) is 3.11. The third-order valence-corrected chi connectivity index (χ3v) is 4.83. The predicted octanol–water partition coefficient (Wildman–Crippen LogP) is 4.76. The number of aromatic nitrogens is 1. The average Bonchev–Trinajstić information content (AvgIpc) is 2.69. The van der Waals surface area contributed by atoms with E-state index in [1.54, 1.807) is 19.1 Å². The van der Waals surface area contributed by atoms with E-state index >= 15 is 0 Å². The minimum atomic E-state index is -0.470. The van der Waals surface area contributed by atoms with Crippen molar-refractivity contribution in [3.63, 3.8) is 0 Å². The van der Waals surface area contributed by atoms with Crippen molar-refractivity contribution in [3.8, 4) is 17.0 Å². The fourth-order valence-electron chi connectivity index (χ4n) is 3.60. The molecule has 0 aliphatic heterocycles. The molecule has 0 aliphatic rings. The molecule has 0 saturated carbocycles. The summed E-state index contributed by atoms with van der Waals surface area (Å²) < 4.78 is 7.05. The second kappa shape index (κ2) is 7.19. The minimum Gasteiger partial charge on any atom is -0.508 e. The van der Waals surface area contributed by atoms with Gasteiger partial charge >= 0.3 is 6.09 Å². The normalized spacial score (nSPS) is 10.9. The number of fused-ring (bicyclic) bond motifs is 3. The van der Waals surface area contributed by atoms with E-state index in [0.717, 1.165) is 32.9 Å². The molecular formula is C23H21N2O3+. The van der Waals surface area contributed by atoms with Crippen molar-refractivity contribution in [2.24, 2.45) is 7.05 Å². The molecule has 140 valence electrons. The quantitative estimate of drug-likeness (QED) is 0.402. The molecule has 3 aromatic carbocycles. The predicted molar refractivity (Wildman–Crippen MR) is 110 cm³/mol. The molecule has 1 aromatic heterocycles. The summed E-state index contributed by atoms with van der Waals surface area (Å²) in [5.74, 6) is 0.227. The molecule has 0 saturated heterocycles. The van der Waals surface area contributed by atoms with E-state index in [4.69, 9.17) is 4.74 Å². The number of benzene rings is 3. The molecule has 0 spiro atoms. The fraction of sp³-hybridized carbons (Fsp3) is 0.130. The Hall–Kier alpha value is -3.60. The summed E-state index contributed by atoms with van der Waals surface area (Å²) in [5.41, 5.74) is 3.74. The number of hydrogen-bond acceptors (Lipinski definition) is 3. The van der Waals surface area contributed by atoms with Crippen LogP contribution in [-0.2, 0) is 11.8 Å². The lowest BCUT2D eigenvalue weighted by atomic mass is 9.99. The first-order valence-electron chi connectivity index (χ1n) is 9.16. The van der Waals surface area contributed by atoms with Crippen molar-refractivity contribution in [1.82, 2.24) is 0 Å². The van der Waals surface area contributed by atoms with E-state index in [1.165, 1.54) is 0 Å². The van der Waals surface area contributed by atoms with E-state index < -0.39 is 6.09 Å².